The monoisotopic (exact) mass is 428 g/mol. The summed E-state index contributed by atoms with van der Waals surface area (Å²) in [6.07, 6.45) is 4.45. The average molecular weight is 428 g/mol. The first-order chi connectivity index (χ1) is 15.5. The summed E-state index contributed by atoms with van der Waals surface area (Å²) in [5, 5.41) is 20.7. The van der Waals surface area contributed by atoms with Gasteiger partial charge in [-0.25, -0.2) is 4.98 Å². The Labute approximate surface area is 184 Å². The van der Waals surface area contributed by atoms with E-state index < -0.39 is 23.5 Å². The van der Waals surface area contributed by atoms with Crippen LogP contribution in [0.2, 0.25) is 0 Å². The van der Waals surface area contributed by atoms with Gasteiger partial charge in [0.05, 0.1) is 18.7 Å². The van der Waals surface area contributed by atoms with Gasteiger partial charge in [-0.1, -0.05) is 48.5 Å². The van der Waals surface area contributed by atoms with E-state index >= 15 is 0 Å². The molecule has 0 saturated carbocycles. The Morgan fingerprint density at radius 2 is 1.81 bits per heavy atom. The molecule has 2 aromatic carbocycles. The number of ether oxygens (including phenoxy) is 1. The van der Waals surface area contributed by atoms with E-state index in [-0.39, 0.29) is 22.9 Å². The van der Waals surface area contributed by atoms with Gasteiger partial charge in [-0.15, -0.1) is 0 Å². The number of allylic oxidation sites excluding steroid dienone is 1. The number of aliphatic hydroxyl groups excluding tert-OH is 1. The van der Waals surface area contributed by atoms with E-state index in [1.165, 1.54) is 36.4 Å². The van der Waals surface area contributed by atoms with Crippen molar-refractivity contribution in [1.82, 2.24) is 4.98 Å². The molecule has 0 fully saturated rings. The second kappa shape index (κ2) is 8.77. The number of phenols is 1. The Morgan fingerprint density at radius 3 is 2.50 bits per heavy atom. The number of amides is 1. The minimum absolute atomic E-state index is 0.0828. The summed E-state index contributed by atoms with van der Waals surface area (Å²) in [4.78, 5) is 31.7. The highest BCUT2D eigenvalue weighted by Crippen LogP contribution is 2.42. The van der Waals surface area contributed by atoms with Crippen LogP contribution < -0.4 is 9.64 Å². The van der Waals surface area contributed by atoms with E-state index in [1.54, 1.807) is 30.3 Å². The van der Waals surface area contributed by atoms with Crippen LogP contribution in [0, 0.1) is 0 Å². The van der Waals surface area contributed by atoms with Crippen LogP contribution in [0.1, 0.15) is 17.2 Å². The molecule has 2 N–H and O–H groups in total. The molecule has 1 atom stereocenters. The number of carbonyl (C=O) groups excluding carboxylic acids is 2. The van der Waals surface area contributed by atoms with Gasteiger partial charge >= 0.3 is 0 Å². The molecule has 7 heteroatoms. The number of aromatic nitrogens is 1. The van der Waals surface area contributed by atoms with Crippen LogP contribution in [0.5, 0.6) is 11.5 Å². The number of rotatable bonds is 6. The molecule has 3 aromatic rings. The van der Waals surface area contributed by atoms with Gasteiger partial charge in [0.2, 0.25) is 0 Å². The summed E-state index contributed by atoms with van der Waals surface area (Å²) in [5.74, 6) is -1.54. The van der Waals surface area contributed by atoms with Crippen molar-refractivity contribution in [3.05, 3.63) is 101 Å². The first-order valence-corrected chi connectivity index (χ1v) is 9.83. The fraction of sp³-hybridized carbons (Fsp3) is 0.0800. The number of hydrogen-bond acceptors (Lipinski definition) is 6. The van der Waals surface area contributed by atoms with Crippen LogP contribution in [0.25, 0.3) is 6.08 Å². The van der Waals surface area contributed by atoms with Crippen LogP contribution in [0.4, 0.5) is 5.82 Å². The fourth-order valence-electron chi connectivity index (χ4n) is 3.60. The summed E-state index contributed by atoms with van der Waals surface area (Å²) >= 11 is 0. The zero-order valence-corrected chi connectivity index (χ0v) is 17.2. The van der Waals surface area contributed by atoms with Crippen molar-refractivity contribution in [1.29, 1.82) is 0 Å². The lowest BCUT2D eigenvalue weighted by Gasteiger charge is -2.26. The van der Waals surface area contributed by atoms with Crippen molar-refractivity contribution < 1.29 is 24.5 Å². The van der Waals surface area contributed by atoms with Gasteiger partial charge in [0, 0.05) is 6.20 Å². The predicted octanol–water partition coefficient (Wildman–Crippen LogP) is 3.98. The minimum atomic E-state index is -0.958. The number of ketones is 1. The number of hydrogen-bond donors (Lipinski definition) is 2. The van der Waals surface area contributed by atoms with Gasteiger partial charge < -0.3 is 14.9 Å². The number of carbonyl (C=O) groups is 2. The van der Waals surface area contributed by atoms with Gasteiger partial charge in [0.1, 0.15) is 5.82 Å². The molecule has 0 aliphatic carbocycles. The molecule has 0 bridgehead atoms. The molecule has 7 nitrogen and oxygen atoms in total. The number of aliphatic hydroxyl groups is 1. The third-order valence-electron chi connectivity index (χ3n) is 5.12. The third-order valence-corrected chi connectivity index (χ3v) is 5.12. The van der Waals surface area contributed by atoms with Crippen molar-refractivity contribution in [3.63, 3.8) is 0 Å². The molecule has 32 heavy (non-hydrogen) atoms. The second-order valence-electron chi connectivity index (χ2n) is 7.07. The molecule has 0 saturated heterocycles. The Morgan fingerprint density at radius 1 is 1.06 bits per heavy atom. The van der Waals surface area contributed by atoms with E-state index in [0.717, 1.165) is 5.56 Å². The highest BCUT2D eigenvalue weighted by Gasteiger charge is 2.44. The molecule has 160 valence electrons. The lowest BCUT2D eigenvalue weighted by molar-refractivity contribution is -0.117. The van der Waals surface area contributed by atoms with Crippen LogP contribution >= 0.6 is 0 Å². The number of methoxy groups -OCH3 is 1. The van der Waals surface area contributed by atoms with Crippen LogP contribution in [0.15, 0.2) is 90.3 Å². The summed E-state index contributed by atoms with van der Waals surface area (Å²) < 4.78 is 5.19. The standard InChI is InChI=1S/C25H20N2O5/c1-32-20-15-17(11-13-18(20)28)23-22(19(29)12-10-16-7-3-2-4-8-16)24(30)25(31)27(23)21-9-5-6-14-26-21/h2-15,23,28,30H,1H3/b12-10+. The van der Waals surface area contributed by atoms with E-state index in [9.17, 15) is 19.8 Å². The number of anilines is 1. The van der Waals surface area contributed by atoms with E-state index in [2.05, 4.69) is 4.98 Å². The second-order valence-corrected chi connectivity index (χ2v) is 7.07. The molecule has 2 heterocycles. The smallest absolute Gasteiger partial charge is 0.295 e. The first kappa shape index (κ1) is 20.9. The lowest BCUT2D eigenvalue weighted by Crippen LogP contribution is -2.31. The Balaban J connectivity index is 1.81. The van der Waals surface area contributed by atoms with E-state index in [4.69, 9.17) is 4.74 Å². The number of nitrogens with zero attached hydrogens (tertiary/aromatic N) is 2. The largest absolute Gasteiger partial charge is 0.504 e. The Bertz CT molecular complexity index is 1220. The SMILES string of the molecule is COc1cc(C2C(C(=O)/C=C/c3ccccc3)=C(O)C(=O)N2c2ccccn2)ccc1O. The van der Waals surface area contributed by atoms with Crippen LogP contribution in [0.3, 0.4) is 0 Å². The number of pyridine rings is 1. The van der Waals surface area contributed by atoms with Gasteiger partial charge in [0.15, 0.2) is 23.0 Å². The average Bonchev–Trinajstić information content (AvgIpc) is 3.09. The molecule has 1 aliphatic rings. The summed E-state index contributed by atoms with van der Waals surface area (Å²) in [5.41, 5.74) is 1.19. The molecule has 1 unspecified atom stereocenters. The van der Waals surface area contributed by atoms with E-state index in [1.807, 2.05) is 30.3 Å². The first-order valence-electron chi connectivity index (χ1n) is 9.83. The zero-order valence-electron chi connectivity index (χ0n) is 17.2. The summed E-state index contributed by atoms with van der Waals surface area (Å²) in [6, 6.07) is 17.8. The quantitative estimate of drug-likeness (QED) is 0.576. The normalized spacial score (nSPS) is 16.1. The number of benzene rings is 2. The zero-order chi connectivity index (χ0) is 22.7. The van der Waals surface area contributed by atoms with Gasteiger partial charge in [-0.3, -0.25) is 14.5 Å². The van der Waals surface area contributed by atoms with E-state index in [0.29, 0.717) is 5.56 Å². The summed E-state index contributed by atoms with van der Waals surface area (Å²) in [6.45, 7) is 0. The maximum atomic E-state index is 13.2. The Hall–Kier alpha value is -4.39. The number of phenolic OH excluding ortho intramolecular Hbond substituents is 1. The van der Waals surface area contributed by atoms with Crippen LogP contribution in [-0.4, -0.2) is 34.0 Å². The highest BCUT2D eigenvalue weighted by atomic mass is 16.5. The Kier molecular flexibility index (Phi) is 5.72. The lowest BCUT2D eigenvalue weighted by atomic mass is 9.95. The molecular formula is C25H20N2O5. The molecular weight excluding hydrogens is 408 g/mol. The highest BCUT2D eigenvalue weighted by molar-refractivity contribution is 6.19. The molecule has 1 aromatic heterocycles. The third kappa shape index (κ3) is 3.83. The molecule has 4 rings (SSSR count). The number of aromatic hydroxyl groups is 1. The maximum Gasteiger partial charge on any atom is 0.295 e. The van der Waals surface area contributed by atoms with Crippen molar-refractivity contribution >= 4 is 23.6 Å². The molecule has 1 amide bonds. The van der Waals surface area contributed by atoms with Crippen molar-refractivity contribution in [3.8, 4) is 11.5 Å². The predicted molar refractivity (Wildman–Crippen MR) is 119 cm³/mol. The topological polar surface area (TPSA) is 100.0 Å². The minimum Gasteiger partial charge on any atom is -0.504 e. The molecule has 0 spiro atoms. The van der Waals surface area contributed by atoms with Gasteiger partial charge in [-0.2, -0.15) is 0 Å². The van der Waals surface area contributed by atoms with Crippen molar-refractivity contribution in [2.45, 2.75) is 6.04 Å². The fourth-order valence-corrected chi connectivity index (χ4v) is 3.60. The molecule has 1 aliphatic heterocycles. The van der Waals surface area contributed by atoms with Crippen LogP contribution in [-0.2, 0) is 9.59 Å². The van der Waals surface area contributed by atoms with Crippen molar-refractivity contribution in [2.75, 3.05) is 12.0 Å². The molecule has 0 radical (unpaired) electrons. The van der Waals surface area contributed by atoms with Gasteiger partial charge in [0.25, 0.3) is 5.91 Å². The van der Waals surface area contributed by atoms with Crippen molar-refractivity contribution in [2.24, 2.45) is 0 Å². The van der Waals surface area contributed by atoms with Gasteiger partial charge in [-0.05, 0) is 41.5 Å². The maximum absolute atomic E-state index is 13.2. The summed E-state index contributed by atoms with van der Waals surface area (Å²) in [7, 11) is 1.40.